The molecule has 4 nitrogen and oxygen atoms in total. The number of aliphatic hydroxyl groups is 1. The lowest BCUT2D eigenvalue weighted by atomic mass is 10.2. The average Bonchev–Trinajstić information content (AvgIpc) is 2.89. The van der Waals surface area contributed by atoms with Gasteiger partial charge in [-0.15, -0.1) is 10.2 Å². The molecule has 2 heterocycles. The Hall–Kier alpha value is -1.67. The molecule has 0 aliphatic carbocycles. The van der Waals surface area contributed by atoms with E-state index in [9.17, 15) is 18.3 Å². The first kappa shape index (κ1) is 13.8. The summed E-state index contributed by atoms with van der Waals surface area (Å²) in [6.07, 6.45) is -5.24. The molecule has 0 aliphatic heterocycles. The molecule has 19 heavy (non-hydrogen) atoms. The quantitative estimate of drug-likeness (QED) is 0.908. The Kier molecular flexibility index (Phi) is 4.01. The van der Waals surface area contributed by atoms with Crippen LogP contribution >= 0.6 is 11.3 Å². The van der Waals surface area contributed by atoms with Crippen molar-refractivity contribution in [2.45, 2.75) is 12.3 Å². The zero-order valence-corrected chi connectivity index (χ0v) is 10.4. The summed E-state index contributed by atoms with van der Waals surface area (Å²) in [6.45, 7) is 0.150. The minimum atomic E-state index is -4.50. The first-order valence-electron chi connectivity index (χ1n) is 5.32. The van der Waals surface area contributed by atoms with Crippen molar-refractivity contribution in [1.82, 2.24) is 10.2 Å². The molecule has 2 N–H and O–H groups in total. The topological polar surface area (TPSA) is 58.0 Å². The van der Waals surface area contributed by atoms with Crippen LogP contribution in [0.3, 0.4) is 0 Å². The Morgan fingerprint density at radius 1 is 1.26 bits per heavy atom. The van der Waals surface area contributed by atoms with Crippen LogP contribution in [0.4, 0.5) is 19.0 Å². The standard InChI is InChI=1S/C11H10F3N3OS/c12-11(13,14)9-1-2-10(17-16-9)15-5-8(18)7-3-4-19-6-7/h1-4,6,8,18H,5H2,(H,15,17). The van der Waals surface area contributed by atoms with E-state index < -0.39 is 18.0 Å². The highest BCUT2D eigenvalue weighted by atomic mass is 32.1. The first-order valence-corrected chi connectivity index (χ1v) is 6.26. The molecule has 0 aromatic carbocycles. The highest BCUT2D eigenvalue weighted by Gasteiger charge is 2.32. The van der Waals surface area contributed by atoms with Gasteiger partial charge < -0.3 is 10.4 Å². The van der Waals surface area contributed by atoms with Crippen molar-refractivity contribution >= 4 is 17.2 Å². The van der Waals surface area contributed by atoms with Gasteiger partial charge in [-0.05, 0) is 34.5 Å². The number of alkyl halides is 3. The third kappa shape index (κ3) is 3.65. The maximum absolute atomic E-state index is 12.3. The number of rotatable bonds is 4. The molecule has 0 fully saturated rings. The summed E-state index contributed by atoms with van der Waals surface area (Å²) < 4.78 is 36.8. The summed E-state index contributed by atoms with van der Waals surface area (Å²) in [6, 6.07) is 3.79. The molecular weight excluding hydrogens is 279 g/mol. The summed E-state index contributed by atoms with van der Waals surface area (Å²) in [4.78, 5) is 0. The van der Waals surface area contributed by atoms with E-state index in [0.29, 0.717) is 0 Å². The molecular formula is C11H10F3N3OS. The molecule has 2 aromatic heterocycles. The van der Waals surface area contributed by atoms with Gasteiger partial charge in [0.15, 0.2) is 5.69 Å². The van der Waals surface area contributed by atoms with Crippen LogP contribution in [0.15, 0.2) is 29.0 Å². The van der Waals surface area contributed by atoms with Gasteiger partial charge in [0, 0.05) is 6.54 Å². The summed E-state index contributed by atoms with van der Waals surface area (Å²) in [7, 11) is 0. The maximum Gasteiger partial charge on any atom is 0.435 e. The van der Waals surface area contributed by atoms with Gasteiger partial charge in [-0.25, -0.2) is 0 Å². The predicted octanol–water partition coefficient (Wildman–Crippen LogP) is 2.70. The molecule has 1 unspecified atom stereocenters. The molecule has 8 heteroatoms. The van der Waals surface area contributed by atoms with Gasteiger partial charge in [0.2, 0.25) is 0 Å². The molecule has 2 aromatic rings. The number of thiophene rings is 1. The molecule has 0 saturated carbocycles. The van der Waals surface area contributed by atoms with Crippen LogP contribution in [0.1, 0.15) is 17.4 Å². The third-order valence-electron chi connectivity index (χ3n) is 2.36. The summed E-state index contributed by atoms with van der Waals surface area (Å²) >= 11 is 1.45. The van der Waals surface area contributed by atoms with Gasteiger partial charge >= 0.3 is 6.18 Å². The van der Waals surface area contributed by atoms with Crippen LogP contribution in [0, 0.1) is 0 Å². The molecule has 2 rings (SSSR count). The zero-order valence-electron chi connectivity index (χ0n) is 9.55. The second kappa shape index (κ2) is 5.54. The average molecular weight is 289 g/mol. The molecule has 1 atom stereocenters. The molecule has 102 valence electrons. The van der Waals surface area contributed by atoms with Gasteiger partial charge in [-0.3, -0.25) is 0 Å². The fourth-order valence-electron chi connectivity index (χ4n) is 1.36. The molecule has 0 saturated heterocycles. The maximum atomic E-state index is 12.3. The second-order valence-electron chi connectivity index (χ2n) is 3.75. The molecule has 0 bridgehead atoms. The van der Waals surface area contributed by atoms with E-state index in [4.69, 9.17) is 0 Å². The zero-order chi connectivity index (χ0) is 13.9. The van der Waals surface area contributed by atoms with Crippen molar-refractivity contribution in [2.24, 2.45) is 0 Å². The van der Waals surface area contributed by atoms with E-state index in [-0.39, 0.29) is 12.4 Å². The van der Waals surface area contributed by atoms with Crippen molar-refractivity contribution in [3.63, 3.8) is 0 Å². The van der Waals surface area contributed by atoms with E-state index in [1.165, 1.54) is 17.4 Å². The number of nitrogens with one attached hydrogen (secondary N) is 1. The van der Waals surface area contributed by atoms with Crippen molar-refractivity contribution < 1.29 is 18.3 Å². The van der Waals surface area contributed by atoms with E-state index in [1.807, 2.05) is 5.38 Å². The van der Waals surface area contributed by atoms with Crippen molar-refractivity contribution in [3.05, 3.63) is 40.2 Å². The van der Waals surface area contributed by atoms with Gasteiger partial charge in [0.1, 0.15) is 5.82 Å². The number of hydrogen-bond acceptors (Lipinski definition) is 5. The monoisotopic (exact) mass is 289 g/mol. The molecule has 0 aliphatic rings. The lowest BCUT2D eigenvalue weighted by Crippen LogP contribution is -2.14. The Bertz CT molecular complexity index is 513. The number of hydrogen-bond donors (Lipinski definition) is 2. The number of aromatic nitrogens is 2. The van der Waals surface area contributed by atoms with Crippen LogP contribution in [0.25, 0.3) is 0 Å². The van der Waals surface area contributed by atoms with Gasteiger partial charge in [0.05, 0.1) is 6.10 Å². The summed E-state index contributed by atoms with van der Waals surface area (Å²) in [5.74, 6) is 0.183. The molecule has 0 amide bonds. The number of nitrogens with zero attached hydrogens (tertiary/aromatic N) is 2. The molecule has 0 radical (unpaired) electrons. The lowest BCUT2D eigenvalue weighted by molar-refractivity contribution is -0.141. The lowest BCUT2D eigenvalue weighted by Gasteiger charge is -2.11. The van der Waals surface area contributed by atoms with Crippen molar-refractivity contribution in [1.29, 1.82) is 0 Å². The normalized spacial score (nSPS) is 13.3. The highest BCUT2D eigenvalue weighted by molar-refractivity contribution is 7.07. The Morgan fingerprint density at radius 2 is 2.05 bits per heavy atom. The highest BCUT2D eigenvalue weighted by Crippen LogP contribution is 2.27. The van der Waals surface area contributed by atoms with E-state index in [1.54, 1.807) is 11.4 Å². The number of anilines is 1. The van der Waals surface area contributed by atoms with Gasteiger partial charge in [-0.2, -0.15) is 24.5 Å². The minimum Gasteiger partial charge on any atom is -0.387 e. The van der Waals surface area contributed by atoms with Crippen LogP contribution in [-0.2, 0) is 6.18 Å². The van der Waals surface area contributed by atoms with Crippen LogP contribution in [0.2, 0.25) is 0 Å². The Balaban J connectivity index is 1.93. The van der Waals surface area contributed by atoms with Crippen LogP contribution in [0.5, 0.6) is 0 Å². The predicted molar refractivity (Wildman–Crippen MR) is 64.8 cm³/mol. The summed E-state index contributed by atoms with van der Waals surface area (Å²) in [5, 5.41) is 22.6. The van der Waals surface area contributed by atoms with Gasteiger partial charge in [0.25, 0.3) is 0 Å². The Morgan fingerprint density at radius 3 is 2.58 bits per heavy atom. The van der Waals surface area contributed by atoms with Crippen LogP contribution in [-0.4, -0.2) is 21.8 Å². The second-order valence-corrected chi connectivity index (χ2v) is 4.53. The fourth-order valence-corrected chi connectivity index (χ4v) is 2.07. The third-order valence-corrected chi connectivity index (χ3v) is 3.06. The largest absolute Gasteiger partial charge is 0.435 e. The number of aliphatic hydroxyl groups excluding tert-OH is 1. The molecule has 0 spiro atoms. The summed E-state index contributed by atoms with van der Waals surface area (Å²) in [5.41, 5.74) is -0.297. The minimum absolute atomic E-state index is 0.150. The van der Waals surface area contributed by atoms with Crippen LogP contribution < -0.4 is 5.32 Å². The van der Waals surface area contributed by atoms with Gasteiger partial charge in [-0.1, -0.05) is 0 Å². The smallest absolute Gasteiger partial charge is 0.387 e. The first-order chi connectivity index (χ1) is 8.97. The Labute approximate surface area is 110 Å². The van der Waals surface area contributed by atoms with Crippen molar-refractivity contribution in [3.8, 4) is 0 Å². The van der Waals surface area contributed by atoms with E-state index in [0.717, 1.165) is 11.6 Å². The van der Waals surface area contributed by atoms with E-state index in [2.05, 4.69) is 15.5 Å². The van der Waals surface area contributed by atoms with E-state index >= 15 is 0 Å². The number of halogens is 3. The van der Waals surface area contributed by atoms with Crippen molar-refractivity contribution in [2.75, 3.05) is 11.9 Å². The SMILES string of the molecule is OC(CNc1ccc(C(F)(F)F)nn1)c1ccsc1. The fraction of sp³-hybridized carbons (Fsp3) is 0.273.